The van der Waals surface area contributed by atoms with Crippen molar-refractivity contribution in [3.05, 3.63) is 36.0 Å². The van der Waals surface area contributed by atoms with Crippen LogP contribution in [0.4, 0.5) is 0 Å². The zero-order valence-corrected chi connectivity index (χ0v) is 11.3. The molecule has 1 unspecified atom stereocenters. The second-order valence-corrected chi connectivity index (χ2v) is 4.50. The molecule has 0 saturated carbocycles. The summed E-state index contributed by atoms with van der Waals surface area (Å²) in [7, 11) is 1.65. The first-order valence-corrected chi connectivity index (χ1v) is 6.21. The molecule has 96 valence electrons. The van der Waals surface area contributed by atoms with Gasteiger partial charge in [0.1, 0.15) is 5.69 Å². The minimum absolute atomic E-state index is 0.442. The average Bonchev–Trinajstić information content (AvgIpc) is 2.83. The molecule has 1 atom stereocenters. The van der Waals surface area contributed by atoms with Crippen LogP contribution in [0.3, 0.4) is 0 Å². The van der Waals surface area contributed by atoms with Crippen LogP contribution < -0.4 is 4.74 Å². The van der Waals surface area contributed by atoms with Crippen molar-refractivity contribution >= 4 is 0 Å². The lowest BCUT2D eigenvalue weighted by atomic mass is 10.0. The van der Waals surface area contributed by atoms with Gasteiger partial charge in [-0.2, -0.15) is 0 Å². The molecule has 0 aliphatic carbocycles. The monoisotopic (exact) mass is 245 g/mol. The minimum Gasteiger partial charge on any atom is -0.479 e. The van der Waals surface area contributed by atoms with Gasteiger partial charge < -0.3 is 9.30 Å². The van der Waals surface area contributed by atoms with Gasteiger partial charge in [-0.05, 0) is 31.4 Å². The Labute approximate surface area is 108 Å². The van der Waals surface area contributed by atoms with Gasteiger partial charge in [0.05, 0.1) is 19.1 Å². The summed E-state index contributed by atoms with van der Waals surface area (Å²) in [6.07, 6.45) is 4.81. The molecule has 0 N–H and O–H groups in total. The van der Waals surface area contributed by atoms with E-state index in [9.17, 15) is 0 Å². The molecule has 18 heavy (non-hydrogen) atoms. The molecular formula is C14H19N3O. The minimum atomic E-state index is 0.442. The molecule has 4 nitrogen and oxygen atoms in total. The van der Waals surface area contributed by atoms with Gasteiger partial charge in [-0.25, -0.2) is 9.97 Å². The SMILES string of the molecule is CCC(C)c1ccc(-n2cnc(C)c2)c(OC)n1. The fraction of sp³-hybridized carbons (Fsp3) is 0.429. The van der Waals surface area contributed by atoms with Gasteiger partial charge in [0.2, 0.25) is 5.88 Å². The molecule has 0 aliphatic rings. The molecule has 0 radical (unpaired) electrons. The number of imidazole rings is 1. The topological polar surface area (TPSA) is 39.9 Å². The Morgan fingerprint density at radius 1 is 1.39 bits per heavy atom. The third kappa shape index (κ3) is 2.37. The summed E-state index contributed by atoms with van der Waals surface area (Å²) in [5.74, 6) is 1.09. The van der Waals surface area contributed by atoms with Crippen LogP contribution in [0.5, 0.6) is 5.88 Å². The van der Waals surface area contributed by atoms with Crippen molar-refractivity contribution in [3.63, 3.8) is 0 Å². The van der Waals surface area contributed by atoms with Crippen LogP contribution in [0, 0.1) is 6.92 Å². The number of hydrogen-bond donors (Lipinski definition) is 0. The van der Waals surface area contributed by atoms with Crippen LogP contribution in [0.15, 0.2) is 24.7 Å². The highest BCUT2D eigenvalue weighted by Crippen LogP contribution is 2.25. The summed E-state index contributed by atoms with van der Waals surface area (Å²) in [6, 6.07) is 4.09. The maximum absolute atomic E-state index is 5.38. The molecule has 2 aromatic rings. The molecule has 2 heterocycles. The van der Waals surface area contributed by atoms with E-state index in [4.69, 9.17) is 4.74 Å². The first-order chi connectivity index (χ1) is 8.65. The van der Waals surface area contributed by atoms with E-state index in [1.165, 1.54) is 0 Å². The molecule has 4 heteroatoms. The smallest absolute Gasteiger partial charge is 0.238 e. The van der Waals surface area contributed by atoms with E-state index in [0.717, 1.165) is 23.5 Å². The van der Waals surface area contributed by atoms with E-state index in [0.29, 0.717) is 11.8 Å². The van der Waals surface area contributed by atoms with Gasteiger partial charge >= 0.3 is 0 Å². The molecule has 2 aromatic heterocycles. The van der Waals surface area contributed by atoms with Gasteiger partial charge in [0, 0.05) is 11.9 Å². The lowest BCUT2D eigenvalue weighted by molar-refractivity contribution is 0.393. The van der Waals surface area contributed by atoms with E-state index in [1.807, 2.05) is 23.8 Å². The van der Waals surface area contributed by atoms with Crippen molar-refractivity contribution in [2.45, 2.75) is 33.1 Å². The largest absolute Gasteiger partial charge is 0.479 e. The fourth-order valence-corrected chi connectivity index (χ4v) is 1.83. The first-order valence-electron chi connectivity index (χ1n) is 6.21. The van der Waals surface area contributed by atoms with Crippen LogP contribution in [0.2, 0.25) is 0 Å². The zero-order chi connectivity index (χ0) is 13.1. The predicted molar refractivity (Wildman–Crippen MR) is 71.4 cm³/mol. The van der Waals surface area contributed by atoms with Crippen molar-refractivity contribution in [1.82, 2.24) is 14.5 Å². The van der Waals surface area contributed by atoms with E-state index < -0.39 is 0 Å². The number of aryl methyl sites for hydroxylation is 1. The second kappa shape index (κ2) is 5.21. The quantitative estimate of drug-likeness (QED) is 0.831. The molecule has 0 bridgehead atoms. The molecule has 0 amide bonds. The van der Waals surface area contributed by atoms with E-state index >= 15 is 0 Å². The van der Waals surface area contributed by atoms with Crippen molar-refractivity contribution in [3.8, 4) is 11.6 Å². The summed E-state index contributed by atoms with van der Waals surface area (Å²) >= 11 is 0. The summed E-state index contributed by atoms with van der Waals surface area (Å²) in [6.45, 7) is 6.29. The predicted octanol–water partition coefficient (Wildman–Crippen LogP) is 3.10. The van der Waals surface area contributed by atoms with Gasteiger partial charge in [-0.3, -0.25) is 0 Å². The summed E-state index contributed by atoms with van der Waals surface area (Å²) in [4.78, 5) is 8.80. The fourth-order valence-electron chi connectivity index (χ4n) is 1.83. The normalized spacial score (nSPS) is 12.4. The summed E-state index contributed by atoms with van der Waals surface area (Å²) < 4.78 is 7.32. The average molecular weight is 245 g/mol. The van der Waals surface area contributed by atoms with Gasteiger partial charge in [-0.15, -0.1) is 0 Å². The van der Waals surface area contributed by atoms with Crippen molar-refractivity contribution in [2.24, 2.45) is 0 Å². The lowest BCUT2D eigenvalue weighted by Gasteiger charge is -2.13. The Hall–Kier alpha value is -1.84. The molecular weight excluding hydrogens is 226 g/mol. The molecule has 0 aromatic carbocycles. The highest BCUT2D eigenvalue weighted by atomic mass is 16.5. The highest BCUT2D eigenvalue weighted by molar-refractivity contribution is 5.43. The Balaban J connectivity index is 2.43. The van der Waals surface area contributed by atoms with Crippen LogP contribution in [-0.2, 0) is 0 Å². The Bertz CT molecular complexity index is 534. The Morgan fingerprint density at radius 3 is 2.72 bits per heavy atom. The zero-order valence-electron chi connectivity index (χ0n) is 11.3. The number of aromatic nitrogens is 3. The molecule has 0 fully saturated rings. The van der Waals surface area contributed by atoms with Crippen molar-refractivity contribution < 1.29 is 4.74 Å². The maximum atomic E-state index is 5.38. The molecule has 2 rings (SSSR count). The number of nitrogens with zero attached hydrogens (tertiary/aromatic N) is 3. The third-order valence-electron chi connectivity index (χ3n) is 3.16. The Kier molecular flexibility index (Phi) is 3.65. The van der Waals surface area contributed by atoms with E-state index in [2.05, 4.69) is 29.9 Å². The van der Waals surface area contributed by atoms with Gasteiger partial charge in [0.25, 0.3) is 0 Å². The molecule has 0 saturated heterocycles. The third-order valence-corrected chi connectivity index (χ3v) is 3.16. The van der Waals surface area contributed by atoms with E-state index in [1.54, 1.807) is 13.4 Å². The Morgan fingerprint density at radius 2 is 2.17 bits per heavy atom. The molecule has 0 aliphatic heterocycles. The number of ether oxygens (including phenoxy) is 1. The summed E-state index contributed by atoms with van der Waals surface area (Å²) in [5, 5.41) is 0. The van der Waals surface area contributed by atoms with Crippen LogP contribution in [0.25, 0.3) is 5.69 Å². The second-order valence-electron chi connectivity index (χ2n) is 4.50. The van der Waals surface area contributed by atoms with Crippen molar-refractivity contribution in [1.29, 1.82) is 0 Å². The van der Waals surface area contributed by atoms with Crippen LogP contribution >= 0.6 is 0 Å². The number of rotatable bonds is 4. The highest BCUT2D eigenvalue weighted by Gasteiger charge is 2.11. The standard InChI is InChI=1S/C14H19N3O/c1-5-10(2)12-6-7-13(14(16-12)18-4)17-8-11(3)15-9-17/h6-10H,5H2,1-4H3. The van der Waals surface area contributed by atoms with Gasteiger partial charge in [-0.1, -0.05) is 13.8 Å². The maximum Gasteiger partial charge on any atom is 0.238 e. The lowest BCUT2D eigenvalue weighted by Crippen LogP contribution is -2.02. The van der Waals surface area contributed by atoms with E-state index in [-0.39, 0.29) is 0 Å². The number of pyridine rings is 1. The van der Waals surface area contributed by atoms with Gasteiger partial charge in [0.15, 0.2) is 0 Å². The first kappa shape index (κ1) is 12.6. The number of hydrogen-bond acceptors (Lipinski definition) is 3. The van der Waals surface area contributed by atoms with Crippen LogP contribution in [-0.4, -0.2) is 21.6 Å². The number of methoxy groups -OCH3 is 1. The van der Waals surface area contributed by atoms with Crippen molar-refractivity contribution in [2.75, 3.05) is 7.11 Å². The van der Waals surface area contributed by atoms with Crippen LogP contribution in [0.1, 0.15) is 37.6 Å². The molecule has 0 spiro atoms. The summed E-state index contributed by atoms with van der Waals surface area (Å²) in [5.41, 5.74) is 2.96.